The third-order valence-electron chi connectivity index (χ3n) is 5.44. The lowest BCUT2D eigenvalue weighted by Crippen LogP contribution is -2.46. The van der Waals surface area contributed by atoms with E-state index in [9.17, 15) is 0 Å². The van der Waals surface area contributed by atoms with Crippen molar-refractivity contribution in [3.8, 4) is 5.69 Å². The van der Waals surface area contributed by atoms with E-state index in [0.717, 1.165) is 61.1 Å². The van der Waals surface area contributed by atoms with Crippen molar-refractivity contribution in [3.05, 3.63) is 78.2 Å². The van der Waals surface area contributed by atoms with Crippen LogP contribution in [0.4, 0.5) is 5.82 Å². The predicted molar refractivity (Wildman–Crippen MR) is 115 cm³/mol. The van der Waals surface area contributed by atoms with Gasteiger partial charge < -0.3 is 4.90 Å². The molecule has 0 saturated carbocycles. The summed E-state index contributed by atoms with van der Waals surface area (Å²) in [5.41, 5.74) is 3.25. The highest BCUT2D eigenvalue weighted by Crippen LogP contribution is 2.26. The van der Waals surface area contributed by atoms with E-state index in [0.29, 0.717) is 0 Å². The lowest BCUT2D eigenvalue weighted by Gasteiger charge is -2.35. The Morgan fingerprint density at radius 1 is 0.828 bits per heavy atom. The van der Waals surface area contributed by atoms with Gasteiger partial charge in [-0.3, -0.25) is 4.90 Å². The Morgan fingerprint density at radius 3 is 2.24 bits per heavy atom. The molecule has 146 valence electrons. The first kappa shape index (κ1) is 17.8. The number of hydrogen-bond donors (Lipinski definition) is 0. The lowest BCUT2D eigenvalue weighted by atomic mass is 10.2. The van der Waals surface area contributed by atoms with Crippen LogP contribution in [0.15, 0.2) is 66.9 Å². The first-order valence-electron chi connectivity index (χ1n) is 10.1. The van der Waals surface area contributed by atoms with Crippen molar-refractivity contribution in [2.75, 3.05) is 31.1 Å². The molecule has 1 fully saturated rings. The van der Waals surface area contributed by atoms with Crippen molar-refractivity contribution in [1.29, 1.82) is 0 Å². The summed E-state index contributed by atoms with van der Waals surface area (Å²) in [5, 5.41) is 5.62. The van der Waals surface area contributed by atoms with Crippen LogP contribution in [0.1, 0.15) is 11.4 Å². The van der Waals surface area contributed by atoms with Crippen LogP contribution in [0.5, 0.6) is 0 Å². The number of aromatic nitrogens is 4. The van der Waals surface area contributed by atoms with Crippen LogP contribution in [-0.2, 0) is 6.54 Å². The quantitative estimate of drug-likeness (QED) is 0.539. The standard InChI is InChI=1S/C23H24N6/c1-18-25-22(21-16-24-29(23(21)26-18)20-10-6-3-7-11-20)28-14-12-27(13-15-28)17-19-8-4-2-5-9-19/h2-11,16H,12-15,17H2,1H3. The number of nitrogens with zero attached hydrogens (tertiary/aromatic N) is 6. The van der Waals surface area contributed by atoms with E-state index in [2.05, 4.69) is 45.2 Å². The molecule has 29 heavy (non-hydrogen) atoms. The van der Waals surface area contributed by atoms with Gasteiger partial charge in [0.25, 0.3) is 0 Å². The zero-order valence-electron chi connectivity index (χ0n) is 16.6. The molecular weight excluding hydrogens is 360 g/mol. The second-order valence-electron chi connectivity index (χ2n) is 7.47. The molecule has 0 unspecified atom stereocenters. The van der Waals surface area contributed by atoms with E-state index in [1.807, 2.05) is 48.1 Å². The normalized spacial score (nSPS) is 15.1. The molecule has 0 aliphatic carbocycles. The molecule has 0 spiro atoms. The van der Waals surface area contributed by atoms with Gasteiger partial charge in [0.2, 0.25) is 0 Å². The summed E-state index contributed by atoms with van der Waals surface area (Å²) in [7, 11) is 0. The summed E-state index contributed by atoms with van der Waals surface area (Å²) in [5.74, 6) is 1.77. The minimum atomic E-state index is 0.775. The monoisotopic (exact) mass is 384 g/mol. The number of piperazine rings is 1. The Labute approximate surface area is 170 Å². The van der Waals surface area contributed by atoms with Crippen LogP contribution in [0.25, 0.3) is 16.7 Å². The number of fused-ring (bicyclic) bond motifs is 1. The van der Waals surface area contributed by atoms with Crippen molar-refractivity contribution >= 4 is 16.9 Å². The number of rotatable bonds is 4. The first-order chi connectivity index (χ1) is 14.3. The highest BCUT2D eigenvalue weighted by atomic mass is 15.3. The average Bonchev–Trinajstić information content (AvgIpc) is 3.19. The van der Waals surface area contributed by atoms with E-state index in [-0.39, 0.29) is 0 Å². The Balaban J connectivity index is 1.39. The molecule has 0 atom stereocenters. The number of hydrogen-bond acceptors (Lipinski definition) is 5. The first-order valence-corrected chi connectivity index (χ1v) is 10.1. The van der Waals surface area contributed by atoms with Gasteiger partial charge in [-0.25, -0.2) is 14.6 Å². The van der Waals surface area contributed by atoms with Gasteiger partial charge in [0.15, 0.2) is 5.65 Å². The molecule has 3 heterocycles. The number of para-hydroxylation sites is 1. The van der Waals surface area contributed by atoms with Crippen LogP contribution in [0, 0.1) is 6.92 Å². The van der Waals surface area contributed by atoms with Crippen LogP contribution < -0.4 is 4.90 Å². The van der Waals surface area contributed by atoms with E-state index in [4.69, 9.17) is 9.97 Å². The Hall–Kier alpha value is -3.25. The topological polar surface area (TPSA) is 50.1 Å². The Kier molecular flexibility index (Phi) is 4.69. The molecule has 2 aromatic carbocycles. The fourth-order valence-electron chi connectivity index (χ4n) is 3.96. The maximum atomic E-state index is 4.78. The van der Waals surface area contributed by atoms with Gasteiger partial charge in [-0.05, 0) is 24.6 Å². The third kappa shape index (κ3) is 3.59. The second-order valence-corrected chi connectivity index (χ2v) is 7.47. The summed E-state index contributed by atoms with van der Waals surface area (Å²) in [6.45, 7) is 6.90. The van der Waals surface area contributed by atoms with Crippen molar-refractivity contribution in [1.82, 2.24) is 24.6 Å². The summed E-state index contributed by atoms with van der Waals surface area (Å²) < 4.78 is 1.90. The molecule has 0 bridgehead atoms. The summed E-state index contributed by atoms with van der Waals surface area (Å²) >= 11 is 0. The van der Waals surface area contributed by atoms with E-state index < -0.39 is 0 Å². The molecule has 4 aromatic rings. The molecule has 0 radical (unpaired) electrons. The van der Waals surface area contributed by atoms with Gasteiger partial charge in [0, 0.05) is 32.7 Å². The van der Waals surface area contributed by atoms with Gasteiger partial charge >= 0.3 is 0 Å². The highest BCUT2D eigenvalue weighted by Gasteiger charge is 2.22. The van der Waals surface area contributed by atoms with E-state index in [1.54, 1.807) is 0 Å². The van der Waals surface area contributed by atoms with Crippen LogP contribution in [0.3, 0.4) is 0 Å². The lowest BCUT2D eigenvalue weighted by molar-refractivity contribution is 0.249. The molecule has 6 heteroatoms. The molecule has 6 nitrogen and oxygen atoms in total. The SMILES string of the molecule is Cc1nc(N2CCN(Cc3ccccc3)CC2)c2cnn(-c3ccccc3)c2n1. The number of benzene rings is 2. The fourth-order valence-corrected chi connectivity index (χ4v) is 3.96. The van der Waals surface area contributed by atoms with Crippen molar-refractivity contribution in [2.45, 2.75) is 13.5 Å². The van der Waals surface area contributed by atoms with Crippen LogP contribution in [-0.4, -0.2) is 50.8 Å². The number of anilines is 1. The fraction of sp³-hybridized carbons (Fsp3) is 0.261. The van der Waals surface area contributed by atoms with Crippen LogP contribution in [0.2, 0.25) is 0 Å². The third-order valence-corrected chi connectivity index (χ3v) is 5.44. The molecule has 0 N–H and O–H groups in total. The molecule has 2 aromatic heterocycles. The Bertz CT molecular complexity index is 1100. The average molecular weight is 384 g/mol. The highest BCUT2D eigenvalue weighted by molar-refractivity contribution is 5.88. The maximum Gasteiger partial charge on any atom is 0.168 e. The van der Waals surface area contributed by atoms with Crippen molar-refractivity contribution in [2.24, 2.45) is 0 Å². The molecule has 5 rings (SSSR count). The van der Waals surface area contributed by atoms with Crippen LogP contribution >= 0.6 is 0 Å². The predicted octanol–water partition coefficient (Wildman–Crippen LogP) is 3.45. The minimum absolute atomic E-state index is 0.775. The molecule has 1 aliphatic heterocycles. The van der Waals surface area contributed by atoms with Gasteiger partial charge in [0.1, 0.15) is 11.6 Å². The molecule has 0 amide bonds. The molecule has 1 saturated heterocycles. The van der Waals surface area contributed by atoms with Gasteiger partial charge in [-0.1, -0.05) is 48.5 Å². The second kappa shape index (κ2) is 7.64. The van der Waals surface area contributed by atoms with Gasteiger partial charge in [0.05, 0.1) is 17.3 Å². The molecule has 1 aliphatic rings. The van der Waals surface area contributed by atoms with Crippen molar-refractivity contribution in [3.63, 3.8) is 0 Å². The molecular formula is C23H24N6. The minimum Gasteiger partial charge on any atom is -0.353 e. The Morgan fingerprint density at radius 2 is 1.52 bits per heavy atom. The van der Waals surface area contributed by atoms with E-state index >= 15 is 0 Å². The van der Waals surface area contributed by atoms with Gasteiger partial charge in [-0.15, -0.1) is 0 Å². The van der Waals surface area contributed by atoms with E-state index in [1.165, 1.54) is 5.56 Å². The summed E-state index contributed by atoms with van der Waals surface area (Å²) in [6.07, 6.45) is 1.90. The maximum absolute atomic E-state index is 4.78. The van der Waals surface area contributed by atoms with Gasteiger partial charge in [-0.2, -0.15) is 5.10 Å². The van der Waals surface area contributed by atoms with Crippen molar-refractivity contribution < 1.29 is 0 Å². The largest absolute Gasteiger partial charge is 0.353 e. The number of aryl methyl sites for hydroxylation is 1. The smallest absolute Gasteiger partial charge is 0.168 e. The summed E-state index contributed by atoms with van der Waals surface area (Å²) in [6, 6.07) is 20.8. The zero-order valence-corrected chi connectivity index (χ0v) is 16.6. The summed E-state index contributed by atoms with van der Waals surface area (Å²) in [4.78, 5) is 14.3. The zero-order chi connectivity index (χ0) is 19.6.